The van der Waals surface area contributed by atoms with Crippen molar-refractivity contribution in [2.45, 2.75) is 53.4 Å². The van der Waals surface area contributed by atoms with Gasteiger partial charge < -0.3 is 14.7 Å². The average Bonchev–Trinajstić information content (AvgIpc) is 3.13. The van der Waals surface area contributed by atoms with Crippen LogP contribution in [0.3, 0.4) is 0 Å². The Morgan fingerprint density at radius 2 is 1.79 bits per heavy atom. The van der Waals surface area contributed by atoms with E-state index >= 15 is 0 Å². The fourth-order valence-electron chi connectivity index (χ4n) is 5.55. The zero-order valence-electron chi connectivity index (χ0n) is 24.3. The summed E-state index contributed by atoms with van der Waals surface area (Å²) in [5, 5.41) is 8.96. The summed E-state index contributed by atoms with van der Waals surface area (Å²) in [4.78, 5) is 39.3. The molecule has 0 radical (unpaired) electrons. The quantitative estimate of drug-likeness (QED) is 0.0676. The molecule has 11 heteroatoms. The maximum absolute atomic E-state index is 13.4. The van der Waals surface area contributed by atoms with Crippen molar-refractivity contribution in [3.05, 3.63) is 71.0 Å². The third-order valence-corrected chi connectivity index (χ3v) is 8.72. The van der Waals surface area contributed by atoms with Crippen LogP contribution in [0.25, 0.3) is 0 Å². The van der Waals surface area contributed by atoms with Crippen LogP contribution >= 0.6 is 0 Å². The second-order valence-electron chi connectivity index (χ2n) is 10.9. The molecule has 2 heterocycles. The van der Waals surface area contributed by atoms with Crippen molar-refractivity contribution < 1.29 is 42.1 Å². The fourth-order valence-corrected chi connectivity index (χ4v) is 6.07. The monoisotopic (exact) mass is 597 g/mol. The molecule has 0 saturated heterocycles. The molecule has 1 aliphatic carbocycles. The number of fused-ring (bicyclic) bond motifs is 2. The number of esters is 1. The third-order valence-electron chi connectivity index (χ3n) is 7.86. The van der Waals surface area contributed by atoms with Crippen LogP contribution in [0.4, 0.5) is 5.69 Å². The summed E-state index contributed by atoms with van der Waals surface area (Å²) in [6, 6.07) is 5.20. The van der Waals surface area contributed by atoms with Crippen LogP contribution in [0.15, 0.2) is 65.4 Å². The van der Waals surface area contributed by atoms with Gasteiger partial charge >= 0.3 is 11.9 Å². The first kappa shape index (κ1) is 31.1. The number of carbonyl (C=O) groups excluding carboxylic acids is 2. The molecule has 0 bridgehead atoms. The zero-order chi connectivity index (χ0) is 30.8. The lowest BCUT2D eigenvalue weighted by atomic mass is 9.79. The van der Waals surface area contributed by atoms with E-state index in [9.17, 15) is 27.7 Å². The molecule has 0 unspecified atom stereocenters. The Morgan fingerprint density at radius 3 is 2.43 bits per heavy atom. The number of hydrogen-bond donors (Lipinski definition) is 3. The van der Waals surface area contributed by atoms with Gasteiger partial charge in [0.2, 0.25) is 21.6 Å². The minimum absolute atomic E-state index is 0.0731. The minimum Gasteiger partial charge on any atom is -0.481 e. The van der Waals surface area contributed by atoms with E-state index in [0.29, 0.717) is 36.9 Å². The van der Waals surface area contributed by atoms with Crippen molar-refractivity contribution in [1.29, 1.82) is 0 Å². The standard InChI is InChI=1S/C31H36N2O8S/c1-5-32(6-2)20-11-13-22-26(18-20)41-30(37)23(29(22)36)14-16-27-31(3,4)24-19-21(42(38,39)40)12-15-25(24)33(27)17-9-7-8-10-28(34)35/h11-16,18-19H,5-10,17H2,1-4H3,(H2,34,35,38,39,40)/p+1/b23-14+,27-16+. The van der Waals surface area contributed by atoms with Crippen LogP contribution in [0, 0.1) is 5.41 Å². The number of anilines is 1. The molecule has 224 valence electrons. The smallest absolute Gasteiger partial charge is 0.347 e. The highest BCUT2D eigenvalue weighted by Gasteiger charge is 2.48. The summed E-state index contributed by atoms with van der Waals surface area (Å²) in [6.07, 6.45) is 9.62. The van der Waals surface area contributed by atoms with Gasteiger partial charge in [-0.3, -0.25) is 18.7 Å². The van der Waals surface area contributed by atoms with Crippen LogP contribution < -0.4 is 9.64 Å². The number of aliphatic carboxylic acids is 1. The summed E-state index contributed by atoms with van der Waals surface area (Å²) in [5.41, 5.74) is 2.48. The summed E-state index contributed by atoms with van der Waals surface area (Å²) in [6.45, 7) is 9.89. The third kappa shape index (κ3) is 6.18. The van der Waals surface area contributed by atoms with Gasteiger partial charge in [0.1, 0.15) is 17.9 Å². The molecule has 1 aromatic carbocycles. The lowest BCUT2D eigenvalue weighted by molar-refractivity contribution is -0.479. The number of benzene rings is 1. The molecule has 0 fully saturated rings. The first-order chi connectivity index (χ1) is 19.8. The Hall–Kier alpha value is -3.80. The first-order valence-electron chi connectivity index (χ1n) is 14.0. The number of hydrogen-bond acceptors (Lipinski definition) is 6. The Bertz CT molecular complexity index is 1600. The van der Waals surface area contributed by atoms with Crippen LogP contribution in [-0.4, -0.2) is 70.9 Å². The number of ketones is 1. The van der Waals surface area contributed by atoms with E-state index in [1.54, 1.807) is 24.3 Å². The molecule has 0 amide bonds. The Morgan fingerprint density at radius 1 is 1.07 bits per heavy atom. The van der Waals surface area contributed by atoms with Gasteiger partial charge in [0.15, 0.2) is 5.70 Å². The van der Waals surface area contributed by atoms with Crippen molar-refractivity contribution in [2.75, 3.05) is 24.5 Å². The van der Waals surface area contributed by atoms with Crippen molar-refractivity contribution in [1.82, 2.24) is 0 Å². The van der Waals surface area contributed by atoms with Crippen LogP contribution in [0.5, 0.6) is 5.75 Å². The van der Waals surface area contributed by atoms with Gasteiger partial charge in [0.25, 0.3) is 0 Å². The van der Waals surface area contributed by atoms with Crippen molar-refractivity contribution in [3.8, 4) is 5.75 Å². The molecular weight excluding hydrogens is 560 g/mol. The summed E-state index contributed by atoms with van der Waals surface area (Å²) < 4.78 is 39.1. The molecule has 0 atom stereocenters. The maximum Gasteiger partial charge on any atom is 0.347 e. The van der Waals surface area contributed by atoms with Gasteiger partial charge in [-0.15, -0.1) is 0 Å². The summed E-state index contributed by atoms with van der Waals surface area (Å²) in [7, 11) is -4.19. The Balaban J connectivity index is 1.73. The fraction of sp³-hybridized carbons (Fsp3) is 0.387. The molecule has 3 N–H and O–H groups in total. The highest BCUT2D eigenvalue weighted by atomic mass is 32.2. The number of carboxylic acids is 1. The number of ether oxygens (including phenoxy) is 1. The van der Waals surface area contributed by atoms with Crippen LogP contribution in [0.2, 0.25) is 0 Å². The highest BCUT2D eigenvalue weighted by molar-refractivity contribution is 7.92. The minimum atomic E-state index is -4.19. The average molecular weight is 598 g/mol. The van der Waals surface area contributed by atoms with Gasteiger partial charge in [0, 0.05) is 55.4 Å². The molecule has 0 spiro atoms. The van der Waals surface area contributed by atoms with Gasteiger partial charge in [0.05, 0.1) is 15.8 Å². The number of unbranched alkanes of at least 4 members (excludes halogenated alkanes) is 2. The second-order valence-corrected chi connectivity index (χ2v) is 12.3. The number of rotatable bonds is 10. The normalized spacial score (nSPS) is 19.7. The molecule has 1 aromatic rings. The predicted molar refractivity (Wildman–Crippen MR) is 162 cm³/mol. The zero-order valence-corrected chi connectivity index (χ0v) is 25.1. The highest BCUT2D eigenvalue weighted by Crippen LogP contribution is 2.43. The SMILES string of the molecule is CCN(CC)c1ccc2c(c1)OC(=O)/C(=C/C=C1/[N+](CCCCCC(=O)O)=C3C=CC(=S(=O)(O)O)C=C3C1(C)C)C2=O. The molecular formula is C31H37N2O8S+. The predicted octanol–water partition coefficient (Wildman–Crippen LogP) is 4.48. The van der Waals surface area contributed by atoms with E-state index in [-0.39, 0.29) is 22.6 Å². The van der Waals surface area contributed by atoms with Gasteiger partial charge in [-0.25, -0.2) is 9.00 Å². The Kier molecular flexibility index (Phi) is 9.05. The Labute approximate surface area is 246 Å². The molecule has 0 saturated carbocycles. The first-order valence-corrected chi connectivity index (χ1v) is 15.5. The van der Waals surface area contributed by atoms with E-state index in [4.69, 9.17) is 9.84 Å². The van der Waals surface area contributed by atoms with Gasteiger partial charge in [-0.2, -0.15) is 4.58 Å². The topological polar surface area (TPSA) is 144 Å². The number of Topliss-reactive ketones (excluding diaryl/α,β-unsaturated/α-hetero) is 1. The van der Waals surface area contributed by atoms with E-state index in [1.165, 1.54) is 18.2 Å². The van der Waals surface area contributed by atoms with Crippen molar-refractivity contribution in [3.63, 3.8) is 0 Å². The van der Waals surface area contributed by atoms with E-state index in [2.05, 4.69) is 4.90 Å². The number of carbonyl (C=O) groups is 3. The molecule has 2 aliphatic heterocycles. The van der Waals surface area contributed by atoms with E-state index in [0.717, 1.165) is 30.2 Å². The lowest BCUT2D eigenvalue weighted by Crippen LogP contribution is -2.27. The molecule has 10 nitrogen and oxygen atoms in total. The second kappa shape index (κ2) is 12.2. The van der Waals surface area contributed by atoms with Crippen molar-refractivity contribution in [2.24, 2.45) is 5.41 Å². The van der Waals surface area contributed by atoms with Gasteiger partial charge in [-0.1, -0.05) is 0 Å². The largest absolute Gasteiger partial charge is 0.481 e. The summed E-state index contributed by atoms with van der Waals surface area (Å²) in [5.74, 6) is -1.83. The van der Waals surface area contributed by atoms with Crippen LogP contribution in [0.1, 0.15) is 63.7 Å². The van der Waals surface area contributed by atoms with E-state index in [1.807, 2.05) is 38.3 Å². The molecule has 4 rings (SSSR count). The van der Waals surface area contributed by atoms with Gasteiger partial charge in [-0.05, 0) is 70.9 Å². The number of carboxylic acid groups (broad SMARTS) is 1. The number of nitrogens with zero attached hydrogens (tertiary/aromatic N) is 2. The van der Waals surface area contributed by atoms with E-state index < -0.39 is 33.2 Å². The lowest BCUT2D eigenvalue weighted by Gasteiger charge is -2.24. The molecule has 3 aliphatic rings. The van der Waals surface area contributed by atoms with Crippen molar-refractivity contribution >= 4 is 44.1 Å². The summed E-state index contributed by atoms with van der Waals surface area (Å²) >= 11 is 0. The number of allylic oxidation sites excluding steroid dienone is 6. The maximum atomic E-state index is 13.4. The van der Waals surface area contributed by atoms with Crippen LogP contribution in [-0.2, 0) is 19.7 Å². The molecule has 0 aromatic heterocycles. The molecule has 42 heavy (non-hydrogen) atoms.